The lowest BCUT2D eigenvalue weighted by molar-refractivity contribution is -0.137. The Labute approximate surface area is 81.9 Å². The molecule has 0 saturated heterocycles. The number of nitrogens with two attached hydrogens (primary N) is 1. The van der Waals surface area contributed by atoms with Crippen molar-refractivity contribution in [3.8, 4) is 0 Å². The predicted molar refractivity (Wildman–Crippen MR) is 52.6 cm³/mol. The molecule has 5 heteroatoms. The van der Waals surface area contributed by atoms with Crippen molar-refractivity contribution in [3.63, 3.8) is 0 Å². The van der Waals surface area contributed by atoms with Gasteiger partial charge in [0.25, 0.3) is 0 Å². The van der Waals surface area contributed by atoms with Gasteiger partial charge in [-0.2, -0.15) is 0 Å². The summed E-state index contributed by atoms with van der Waals surface area (Å²) < 4.78 is -0.296. The van der Waals surface area contributed by atoms with Crippen molar-refractivity contribution < 1.29 is 14.7 Å². The van der Waals surface area contributed by atoms with E-state index in [0.29, 0.717) is 6.54 Å². The third kappa shape index (κ3) is 6.60. The average molecular weight is 205 g/mol. The Morgan fingerprint density at radius 2 is 1.92 bits per heavy atom. The zero-order chi connectivity index (χ0) is 10.5. The number of carbonyl (C=O) groups excluding carboxylic acids is 1. The number of carboxylic acid groups (broad SMARTS) is 1. The van der Waals surface area contributed by atoms with E-state index in [1.807, 2.05) is 13.8 Å². The number of aliphatic carboxylic acids is 1. The molecule has 0 amide bonds. The molecule has 0 rings (SSSR count). The van der Waals surface area contributed by atoms with E-state index >= 15 is 0 Å². The second-order valence-electron chi connectivity index (χ2n) is 3.33. The van der Waals surface area contributed by atoms with E-state index in [-0.39, 0.29) is 22.7 Å². The molecule has 0 aromatic rings. The van der Waals surface area contributed by atoms with Crippen LogP contribution in [0.25, 0.3) is 0 Å². The van der Waals surface area contributed by atoms with Crippen LogP contribution in [0.5, 0.6) is 0 Å². The molecule has 0 spiro atoms. The first-order chi connectivity index (χ1) is 5.87. The molecule has 0 radical (unpaired) electrons. The van der Waals surface area contributed by atoms with Crippen LogP contribution in [0.1, 0.15) is 26.7 Å². The molecular weight excluding hydrogens is 190 g/mol. The molecule has 0 atom stereocenters. The summed E-state index contributed by atoms with van der Waals surface area (Å²) in [4.78, 5) is 21.3. The summed E-state index contributed by atoms with van der Waals surface area (Å²) >= 11 is 1.12. The molecule has 0 fully saturated rings. The summed E-state index contributed by atoms with van der Waals surface area (Å²) in [5, 5.41) is 8.22. The number of carboxylic acids is 1. The molecule has 13 heavy (non-hydrogen) atoms. The summed E-state index contributed by atoms with van der Waals surface area (Å²) in [6.07, 6.45) is -0.0318. The molecule has 0 aliphatic rings. The number of rotatable bonds is 5. The number of carbonyl (C=O) groups is 2. The summed E-state index contributed by atoms with van der Waals surface area (Å²) in [5.41, 5.74) is 5.42. The fourth-order valence-corrected chi connectivity index (χ4v) is 1.51. The molecule has 0 unspecified atom stereocenters. The fraction of sp³-hybridized carbons (Fsp3) is 0.750. The second-order valence-corrected chi connectivity index (χ2v) is 5.10. The van der Waals surface area contributed by atoms with E-state index in [1.54, 1.807) is 0 Å². The van der Waals surface area contributed by atoms with Crippen LogP contribution in [0.3, 0.4) is 0 Å². The SMILES string of the molecule is CC(C)(CN)SC(=O)CCC(=O)O. The van der Waals surface area contributed by atoms with Gasteiger partial charge in [0.15, 0.2) is 5.12 Å². The van der Waals surface area contributed by atoms with Gasteiger partial charge in [0.2, 0.25) is 0 Å². The standard InChI is InChI=1S/C8H15NO3S/c1-8(2,5-9)13-7(12)4-3-6(10)11/h3-5,9H2,1-2H3,(H,10,11). The van der Waals surface area contributed by atoms with Crippen molar-refractivity contribution >= 4 is 22.8 Å². The first kappa shape index (κ1) is 12.4. The molecule has 3 N–H and O–H groups in total. The van der Waals surface area contributed by atoms with E-state index in [4.69, 9.17) is 10.8 Å². The van der Waals surface area contributed by atoms with Crippen molar-refractivity contribution in [2.24, 2.45) is 5.73 Å². The number of hydrogen-bond acceptors (Lipinski definition) is 4. The first-order valence-corrected chi connectivity index (χ1v) is 4.83. The normalized spacial score (nSPS) is 11.3. The third-order valence-corrected chi connectivity index (χ3v) is 2.58. The Morgan fingerprint density at radius 3 is 2.31 bits per heavy atom. The highest BCUT2D eigenvalue weighted by Crippen LogP contribution is 2.25. The van der Waals surface area contributed by atoms with Crippen LogP contribution in [0.2, 0.25) is 0 Å². The van der Waals surface area contributed by atoms with E-state index in [2.05, 4.69) is 0 Å². The lowest BCUT2D eigenvalue weighted by atomic mass is 10.2. The van der Waals surface area contributed by atoms with Gasteiger partial charge in [-0.05, 0) is 13.8 Å². The van der Waals surface area contributed by atoms with Gasteiger partial charge < -0.3 is 10.8 Å². The van der Waals surface area contributed by atoms with Crippen molar-refractivity contribution in [1.29, 1.82) is 0 Å². The van der Waals surface area contributed by atoms with Gasteiger partial charge >= 0.3 is 5.97 Å². The zero-order valence-corrected chi connectivity index (χ0v) is 8.69. The van der Waals surface area contributed by atoms with Gasteiger partial charge in [-0.15, -0.1) is 0 Å². The Bertz CT molecular complexity index is 204. The molecular formula is C8H15NO3S. The molecule has 0 bridgehead atoms. The first-order valence-electron chi connectivity index (χ1n) is 4.01. The Balaban J connectivity index is 3.81. The van der Waals surface area contributed by atoms with Gasteiger partial charge in [-0.25, -0.2) is 0 Å². The quantitative estimate of drug-likeness (QED) is 0.695. The van der Waals surface area contributed by atoms with Gasteiger partial charge in [-0.3, -0.25) is 9.59 Å². The van der Waals surface area contributed by atoms with E-state index in [0.717, 1.165) is 11.8 Å². The minimum absolute atomic E-state index is 0.0728. The minimum atomic E-state index is -0.945. The van der Waals surface area contributed by atoms with Crippen LogP contribution in [0.15, 0.2) is 0 Å². The van der Waals surface area contributed by atoms with E-state index in [9.17, 15) is 9.59 Å². The summed E-state index contributed by atoms with van der Waals surface area (Å²) in [6, 6.07) is 0. The highest BCUT2D eigenvalue weighted by atomic mass is 32.2. The van der Waals surface area contributed by atoms with Crippen molar-refractivity contribution in [2.75, 3.05) is 6.54 Å². The highest BCUT2D eigenvalue weighted by molar-refractivity contribution is 8.14. The lowest BCUT2D eigenvalue weighted by Crippen LogP contribution is -2.28. The summed E-state index contributed by atoms with van der Waals surface area (Å²) in [6.45, 7) is 4.11. The zero-order valence-electron chi connectivity index (χ0n) is 7.87. The molecule has 0 saturated carbocycles. The van der Waals surface area contributed by atoms with Crippen molar-refractivity contribution in [3.05, 3.63) is 0 Å². The second kappa shape index (κ2) is 5.24. The molecule has 76 valence electrons. The van der Waals surface area contributed by atoms with Crippen molar-refractivity contribution in [2.45, 2.75) is 31.4 Å². The molecule has 0 heterocycles. The van der Waals surface area contributed by atoms with Crippen LogP contribution in [-0.4, -0.2) is 27.5 Å². The Morgan fingerprint density at radius 1 is 1.38 bits per heavy atom. The molecule has 0 aliphatic carbocycles. The Kier molecular flexibility index (Phi) is 5.02. The van der Waals surface area contributed by atoms with Crippen LogP contribution in [-0.2, 0) is 9.59 Å². The summed E-state index contributed by atoms with van der Waals surface area (Å²) in [7, 11) is 0. The van der Waals surface area contributed by atoms with E-state index in [1.165, 1.54) is 0 Å². The molecule has 0 aromatic heterocycles. The van der Waals surface area contributed by atoms with Crippen LogP contribution in [0.4, 0.5) is 0 Å². The average Bonchev–Trinajstić information content (AvgIpc) is 2.00. The molecule has 0 aromatic carbocycles. The molecule has 0 aliphatic heterocycles. The molecule has 4 nitrogen and oxygen atoms in total. The smallest absolute Gasteiger partial charge is 0.303 e. The monoisotopic (exact) mass is 205 g/mol. The topological polar surface area (TPSA) is 80.4 Å². The Hall–Kier alpha value is -0.550. The van der Waals surface area contributed by atoms with Crippen molar-refractivity contribution in [1.82, 2.24) is 0 Å². The maximum Gasteiger partial charge on any atom is 0.303 e. The number of thioether (sulfide) groups is 1. The van der Waals surface area contributed by atoms with E-state index < -0.39 is 5.97 Å². The van der Waals surface area contributed by atoms with Gasteiger partial charge in [-0.1, -0.05) is 11.8 Å². The minimum Gasteiger partial charge on any atom is -0.481 e. The third-order valence-electron chi connectivity index (χ3n) is 1.42. The van der Waals surface area contributed by atoms with Crippen LogP contribution < -0.4 is 5.73 Å². The summed E-state index contributed by atoms with van der Waals surface area (Å²) in [5.74, 6) is -0.945. The largest absolute Gasteiger partial charge is 0.481 e. The van der Waals surface area contributed by atoms with Gasteiger partial charge in [0.05, 0.1) is 6.42 Å². The highest BCUT2D eigenvalue weighted by Gasteiger charge is 2.20. The maximum absolute atomic E-state index is 11.2. The van der Waals surface area contributed by atoms with Crippen LogP contribution in [0, 0.1) is 0 Å². The maximum atomic E-state index is 11.2. The van der Waals surface area contributed by atoms with Gasteiger partial charge in [0.1, 0.15) is 0 Å². The lowest BCUT2D eigenvalue weighted by Gasteiger charge is -2.19. The fourth-order valence-electron chi connectivity index (χ4n) is 0.610. The predicted octanol–water partition coefficient (Wildman–Crippen LogP) is 0.848. The van der Waals surface area contributed by atoms with Crippen LogP contribution >= 0.6 is 11.8 Å². The van der Waals surface area contributed by atoms with Gasteiger partial charge in [0, 0.05) is 17.7 Å². The number of hydrogen-bond donors (Lipinski definition) is 2.